The van der Waals surface area contributed by atoms with Crippen LogP contribution in [-0.4, -0.2) is 41.5 Å². The Kier molecular flexibility index (Phi) is 8.27. The molecule has 0 aliphatic heterocycles. The van der Waals surface area contributed by atoms with Crippen LogP contribution in [0.4, 0.5) is 0 Å². The largest absolute Gasteiger partial charge is 0.224 e. The van der Waals surface area contributed by atoms with Gasteiger partial charge in [0, 0.05) is 0 Å². The number of hydrogen-bond donors (Lipinski definition) is 0. The Labute approximate surface area is 214 Å². The summed E-state index contributed by atoms with van der Waals surface area (Å²) >= 11 is 0. The lowest BCUT2D eigenvalue weighted by atomic mass is 10.0. The minimum absolute atomic E-state index is 0.0228. The van der Waals surface area contributed by atoms with Crippen molar-refractivity contribution < 1.29 is 25.3 Å². The molecule has 3 aromatic carbocycles. The molecule has 0 saturated carbocycles. The Balaban J connectivity index is 2.00. The second kappa shape index (κ2) is 10.7. The molecule has 192 valence electrons. The molecule has 3 aromatic rings. The molecule has 0 heterocycles. The van der Waals surface area contributed by atoms with Gasteiger partial charge in [-0.1, -0.05) is 59.7 Å². The highest BCUT2D eigenvalue weighted by Gasteiger charge is 2.43. The first-order valence-corrected chi connectivity index (χ1v) is 16.1. The molecule has 0 atom stereocenters. The van der Waals surface area contributed by atoms with E-state index in [9.17, 15) is 25.3 Å². The molecule has 0 fully saturated rings. The summed E-state index contributed by atoms with van der Waals surface area (Å²) in [4.78, 5) is 0.135. The third kappa shape index (κ3) is 5.96. The fraction of sp³-hybridized carbons (Fsp3) is 0.259. The maximum atomic E-state index is 13.8. The van der Waals surface area contributed by atoms with Gasteiger partial charge in [0.05, 0.1) is 30.9 Å². The lowest BCUT2D eigenvalue weighted by Crippen LogP contribution is -2.40. The summed E-state index contributed by atoms with van der Waals surface area (Å²) in [7, 11) is -11.9. The molecule has 36 heavy (non-hydrogen) atoms. The van der Waals surface area contributed by atoms with Crippen LogP contribution in [-0.2, 0) is 29.5 Å². The molecule has 0 N–H and O–H groups in total. The van der Waals surface area contributed by atoms with Crippen molar-refractivity contribution in [1.82, 2.24) is 0 Å². The Morgan fingerprint density at radius 3 is 1.36 bits per heavy atom. The Morgan fingerprint density at radius 1 is 0.611 bits per heavy atom. The topological polar surface area (TPSA) is 102 Å². The van der Waals surface area contributed by atoms with Crippen LogP contribution in [0.5, 0.6) is 0 Å². The van der Waals surface area contributed by atoms with E-state index in [0.29, 0.717) is 0 Å². The molecule has 0 radical (unpaired) electrons. The van der Waals surface area contributed by atoms with Gasteiger partial charge in [-0.05, 0) is 63.1 Å². The number of aryl methyl sites for hydroxylation is 2. The van der Waals surface area contributed by atoms with E-state index in [2.05, 4.69) is 6.58 Å². The van der Waals surface area contributed by atoms with E-state index in [4.69, 9.17) is 0 Å². The third-order valence-electron chi connectivity index (χ3n) is 6.31. The zero-order chi connectivity index (χ0) is 26.6. The monoisotopic (exact) mass is 546 g/mol. The first-order chi connectivity index (χ1) is 16.8. The Hall–Kier alpha value is -2.75. The normalized spacial score (nSPS) is 12.8. The van der Waals surface area contributed by atoms with Crippen molar-refractivity contribution >= 4 is 29.5 Å². The van der Waals surface area contributed by atoms with Crippen LogP contribution in [0.2, 0.25) is 0 Å². The quantitative estimate of drug-likeness (QED) is 0.322. The van der Waals surface area contributed by atoms with Crippen molar-refractivity contribution in [2.24, 2.45) is 0 Å². The molecular weight excluding hydrogens is 516 g/mol. The summed E-state index contributed by atoms with van der Waals surface area (Å²) < 4.78 is 78.1. The predicted octanol–water partition coefficient (Wildman–Crippen LogP) is 4.73. The highest BCUT2D eigenvalue weighted by Crippen LogP contribution is 2.36. The third-order valence-corrected chi connectivity index (χ3v) is 12.3. The van der Waals surface area contributed by atoms with Gasteiger partial charge in [0.1, 0.15) is 0 Å². The number of benzene rings is 3. The second-order valence-electron chi connectivity index (χ2n) is 8.85. The molecule has 0 aliphatic carbocycles. The van der Waals surface area contributed by atoms with Gasteiger partial charge >= 0.3 is 0 Å². The van der Waals surface area contributed by atoms with E-state index in [-0.39, 0.29) is 27.5 Å². The predicted molar refractivity (Wildman–Crippen MR) is 142 cm³/mol. The average molecular weight is 547 g/mol. The Bertz CT molecular complexity index is 1440. The second-order valence-corrected chi connectivity index (χ2v) is 15.4. The standard InChI is InChI=1S/C27H30O6S3/c1-4-27(36(32,33)26-8-6-5-7-9-26,18-20-34(28,29)24-14-10-22(2)11-15-24)19-21-35(30,31)25-16-12-23(3)13-17-25/h4-17H,1,18-21H2,2-3H3. The first-order valence-electron chi connectivity index (χ1n) is 11.4. The van der Waals surface area contributed by atoms with Crippen LogP contribution in [0.25, 0.3) is 0 Å². The van der Waals surface area contributed by atoms with Gasteiger partial charge in [-0.25, -0.2) is 25.3 Å². The molecule has 6 nitrogen and oxygen atoms in total. The zero-order valence-corrected chi connectivity index (χ0v) is 22.7. The van der Waals surface area contributed by atoms with E-state index in [1.807, 2.05) is 13.8 Å². The first kappa shape index (κ1) is 27.8. The Morgan fingerprint density at radius 2 is 1.00 bits per heavy atom. The fourth-order valence-corrected chi connectivity index (χ4v) is 8.93. The molecule has 9 heteroatoms. The zero-order valence-electron chi connectivity index (χ0n) is 20.3. The van der Waals surface area contributed by atoms with Crippen LogP contribution in [0, 0.1) is 13.8 Å². The van der Waals surface area contributed by atoms with Gasteiger partial charge in [0.2, 0.25) is 0 Å². The molecule has 0 saturated heterocycles. The van der Waals surface area contributed by atoms with Gasteiger partial charge in [0.25, 0.3) is 0 Å². The number of hydrogen-bond acceptors (Lipinski definition) is 6. The highest BCUT2D eigenvalue weighted by molar-refractivity contribution is 7.94. The molecule has 0 unspecified atom stereocenters. The molecule has 0 bridgehead atoms. The molecule has 0 aromatic heterocycles. The van der Waals surface area contributed by atoms with Crippen molar-refractivity contribution in [2.75, 3.05) is 11.5 Å². The van der Waals surface area contributed by atoms with Gasteiger partial charge in [-0.2, -0.15) is 0 Å². The summed E-state index contributed by atoms with van der Waals surface area (Å²) in [5.41, 5.74) is 1.78. The van der Waals surface area contributed by atoms with Crippen LogP contribution in [0.3, 0.4) is 0 Å². The molecule has 3 rings (SSSR count). The lowest BCUT2D eigenvalue weighted by molar-refractivity contribution is 0.527. The van der Waals surface area contributed by atoms with E-state index in [0.717, 1.165) is 11.1 Å². The average Bonchev–Trinajstić information content (AvgIpc) is 2.85. The highest BCUT2D eigenvalue weighted by atomic mass is 32.2. The van der Waals surface area contributed by atoms with Gasteiger partial charge in [-0.3, -0.25) is 0 Å². The van der Waals surface area contributed by atoms with Crippen molar-refractivity contribution in [3.63, 3.8) is 0 Å². The van der Waals surface area contributed by atoms with Crippen LogP contribution in [0.15, 0.2) is 106 Å². The molecular formula is C27H30O6S3. The maximum Gasteiger partial charge on any atom is 0.187 e. The minimum atomic E-state index is -4.18. The number of rotatable bonds is 11. The SMILES string of the molecule is C=CC(CCS(=O)(=O)c1ccc(C)cc1)(CCS(=O)(=O)c1ccc(C)cc1)S(=O)(=O)c1ccccc1. The van der Waals surface area contributed by atoms with Crippen molar-refractivity contribution in [1.29, 1.82) is 0 Å². The van der Waals surface area contributed by atoms with Crippen molar-refractivity contribution in [3.8, 4) is 0 Å². The van der Waals surface area contributed by atoms with Crippen LogP contribution < -0.4 is 0 Å². The van der Waals surface area contributed by atoms with Gasteiger partial charge in [0.15, 0.2) is 29.5 Å². The maximum absolute atomic E-state index is 13.8. The van der Waals surface area contributed by atoms with Crippen LogP contribution >= 0.6 is 0 Å². The lowest BCUT2D eigenvalue weighted by Gasteiger charge is -2.30. The summed E-state index contributed by atoms with van der Waals surface area (Å²) in [5.74, 6) is -0.975. The van der Waals surface area contributed by atoms with E-state index < -0.39 is 45.8 Å². The molecule has 0 aliphatic rings. The summed E-state index contributed by atoms with van der Waals surface area (Å²) in [6.07, 6.45) is 0.505. The van der Waals surface area contributed by atoms with Crippen LogP contribution in [0.1, 0.15) is 24.0 Å². The van der Waals surface area contributed by atoms with Gasteiger partial charge < -0.3 is 0 Å². The molecule has 0 amide bonds. The van der Waals surface area contributed by atoms with Crippen molar-refractivity contribution in [3.05, 3.63) is 103 Å². The molecule has 0 spiro atoms. The van der Waals surface area contributed by atoms with E-state index >= 15 is 0 Å². The van der Waals surface area contributed by atoms with Crippen molar-refractivity contribution in [2.45, 2.75) is 46.1 Å². The van der Waals surface area contributed by atoms with E-state index in [1.54, 1.807) is 42.5 Å². The summed E-state index contributed by atoms with van der Waals surface area (Å²) in [6, 6.07) is 20.2. The number of sulfone groups is 3. The summed E-state index contributed by atoms with van der Waals surface area (Å²) in [6.45, 7) is 7.39. The smallest absolute Gasteiger partial charge is 0.187 e. The minimum Gasteiger partial charge on any atom is -0.224 e. The summed E-state index contributed by atoms with van der Waals surface area (Å²) in [5, 5.41) is 0. The van der Waals surface area contributed by atoms with E-state index in [1.165, 1.54) is 42.5 Å². The fourth-order valence-electron chi connectivity index (χ4n) is 3.88. The van der Waals surface area contributed by atoms with Gasteiger partial charge in [-0.15, -0.1) is 6.58 Å².